The third kappa shape index (κ3) is 3.36. The molecule has 0 spiro atoms. The number of aryl methyl sites for hydroxylation is 1. The minimum atomic E-state index is -3.66. The number of amidine groups is 1. The van der Waals surface area contributed by atoms with Gasteiger partial charge in [-0.2, -0.15) is 4.31 Å². The molecule has 0 saturated heterocycles. The van der Waals surface area contributed by atoms with Crippen molar-refractivity contribution >= 4 is 15.9 Å². The normalized spacial score (nSPS) is 17.5. The fraction of sp³-hybridized carbons (Fsp3) is 0.500. The molecule has 6 nitrogen and oxygen atoms in total. The number of nitrogens with zero attached hydrogens (tertiary/aromatic N) is 2. The first-order valence-electron chi connectivity index (χ1n) is 7.00. The van der Waals surface area contributed by atoms with Crippen molar-refractivity contribution in [3.8, 4) is 0 Å². The summed E-state index contributed by atoms with van der Waals surface area (Å²) in [5, 5.41) is 11.7. The lowest BCUT2D eigenvalue weighted by Gasteiger charge is -2.28. The molecule has 2 rings (SSSR count). The topological polar surface area (TPSA) is 96.0 Å². The van der Waals surface area contributed by atoms with Gasteiger partial charge in [-0.25, -0.2) is 8.42 Å². The van der Waals surface area contributed by atoms with Crippen molar-refractivity contribution in [1.82, 2.24) is 4.31 Å². The van der Waals surface area contributed by atoms with E-state index in [0.717, 1.165) is 25.7 Å². The Bertz CT molecular complexity index is 622. The van der Waals surface area contributed by atoms with Gasteiger partial charge in [0.2, 0.25) is 10.0 Å². The van der Waals surface area contributed by atoms with Crippen molar-refractivity contribution in [2.75, 3.05) is 6.54 Å². The highest BCUT2D eigenvalue weighted by atomic mass is 32.2. The summed E-state index contributed by atoms with van der Waals surface area (Å²) in [6, 6.07) is 6.78. The average molecular weight is 311 g/mol. The lowest BCUT2D eigenvalue weighted by Crippen LogP contribution is -2.44. The third-order valence-electron chi connectivity index (χ3n) is 3.86. The number of hydrogen-bond acceptors (Lipinski definition) is 4. The second kappa shape index (κ2) is 6.44. The molecule has 0 bridgehead atoms. The SMILES string of the molecule is Cc1ccccc1S(=O)(=O)N(CC(N)=NO)C1CCCC1. The summed E-state index contributed by atoms with van der Waals surface area (Å²) in [5.41, 5.74) is 6.24. The summed E-state index contributed by atoms with van der Waals surface area (Å²) in [6.07, 6.45) is 3.62. The second-order valence-corrected chi connectivity index (χ2v) is 7.20. The molecule has 0 radical (unpaired) electrons. The number of oxime groups is 1. The average Bonchev–Trinajstić information content (AvgIpc) is 2.98. The summed E-state index contributed by atoms with van der Waals surface area (Å²) in [5.74, 6) is -0.0981. The first-order valence-corrected chi connectivity index (χ1v) is 8.44. The summed E-state index contributed by atoms with van der Waals surface area (Å²) in [7, 11) is -3.66. The molecule has 0 amide bonds. The minimum Gasteiger partial charge on any atom is -0.409 e. The highest BCUT2D eigenvalue weighted by Crippen LogP contribution is 2.29. The van der Waals surface area contributed by atoms with Crippen molar-refractivity contribution in [2.24, 2.45) is 10.9 Å². The van der Waals surface area contributed by atoms with Crippen LogP contribution in [-0.4, -0.2) is 36.4 Å². The Labute approximate surface area is 125 Å². The summed E-state index contributed by atoms with van der Waals surface area (Å²) >= 11 is 0. The van der Waals surface area contributed by atoms with Crippen LogP contribution in [0.15, 0.2) is 34.3 Å². The molecule has 1 saturated carbocycles. The Balaban J connectivity index is 2.41. The van der Waals surface area contributed by atoms with Gasteiger partial charge in [-0.15, -0.1) is 0 Å². The van der Waals surface area contributed by atoms with Crippen LogP contribution in [-0.2, 0) is 10.0 Å². The predicted octanol–water partition coefficient (Wildman–Crippen LogP) is 1.67. The van der Waals surface area contributed by atoms with Gasteiger partial charge in [0.25, 0.3) is 0 Å². The Kier molecular flexibility index (Phi) is 4.84. The highest BCUT2D eigenvalue weighted by molar-refractivity contribution is 7.89. The summed E-state index contributed by atoms with van der Waals surface area (Å²) < 4.78 is 27.2. The fourth-order valence-corrected chi connectivity index (χ4v) is 4.65. The van der Waals surface area contributed by atoms with Gasteiger partial charge in [-0.3, -0.25) is 0 Å². The molecule has 0 unspecified atom stereocenters. The van der Waals surface area contributed by atoms with E-state index in [-0.39, 0.29) is 23.3 Å². The summed E-state index contributed by atoms with van der Waals surface area (Å²) in [6.45, 7) is 1.68. The number of benzene rings is 1. The zero-order chi connectivity index (χ0) is 15.5. The Morgan fingerprint density at radius 1 is 1.38 bits per heavy atom. The van der Waals surface area contributed by atoms with E-state index in [9.17, 15) is 8.42 Å². The van der Waals surface area contributed by atoms with Gasteiger partial charge < -0.3 is 10.9 Å². The molecule has 0 heterocycles. The molecule has 0 atom stereocenters. The minimum absolute atomic E-state index is 0.0855. The number of sulfonamides is 1. The zero-order valence-corrected chi connectivity index (χ0v) is 12.9. The maximum Gasteiger partial charge on any atom is 0.243 e. The standard InChI is InChI=1S/C14H21N3O3S/c1-11-6-2-5-9-13(11)21(19,20)17(10-14(15)16-18)12-7-3-4-8-12/h2,5-6,9,12,18H,3-4,7-8,10H2,1H3,(H2,15,16). The molecule has 0 aliphatic heterocycles. The molecule has 21 heavy (non-hydrogen) atoms. The van der Waals surface area contributed by atoms with Crippen molar-refractivity contribution in [2.45, 2.75) is 43.5 Å². The predicted molar refractivity (Wildman–Crippen MR) is 80.7 cm³/mol. The number of rotatable bonds is 5. The Hall–Kier alpha value is -1.60. The molecule has 1 aromatic rings. The largest absolute Gasteiger partial charge is 0.409 e. The van der Waals surface area contributed by atoms with Crippen LogP contribution in [0, 0.1) is 6.92 Å². The van der Waals surface area contributed by atoms with Crippen LogP contribution in [0.5, 0.6) is 0 Å². The van der Waals surface area contributed by atoms with E-state index in [1.165, 1.54) is 4.31 Å². The monoisotopic (exact) mass is 311 g/mol. The van der Waals surface area contributed by atoms with Crippen LogP contribution in [0.2, 0.25) is 0 Å². The lowest BCUT2D eigenvalue weighted by molar-refractivity contribution is 0.308. The van der Waals surface area contributed by atoms with E-state index in [2.05, 4.69) is 5.16 Å². The van der Waals surface area contributed by atoms with Crippen molar-refractivity contribution in [3.63, 3.8) is 0 Å². The lowest BCUT2D eigenvalue weighted by atomic mass is 10.2. The van der Waals surface area contributed by atoms with Gasteiger partial charge in [-0.1, -0.05) is 36.2 Å². The first-order chi connectivity index (χ1) is 9.96. The molecule has 1 fully saturated rings. The van der Waals surface area contributed by atoms with Crippen molar-refractivity contribution < 1.29 is 13.6 Å². The molecule has 116 valence electrons. The molecular weight excluding hydrogens is 290 g/mol. The van der Waals surface area contributed by atoms with E-state index < -0.39 is 10.0 Å². The maximum absolute atomic E-state index is 12.9. The van der Waals surface area contributed by atoms with Crippen LogP contribution in [0.4, 0.5) is 0 Å². The van der Waals surface area contributed by atoms with E-state index in [0.29, 0.717) is 5.56 Å². The van der Waals surface area contributed by atoms with Gasteiger partial charge in [0.1, 0.15) is 0 Å². The quantitative estimate of drug-likeness (QED) is 0.374. The van der Waals surface area contributed by atoms with Gasteiger partial charge in [0.15, 0.2) is 5.84 Å². The van der Waals surface area contributed by atoms with E-state index >= 15 is 0 Å². The maximum atomic E-state index is 12.9. The highest BCUT2D eigenvalue weighted by Gasteiger charge is 2.34. The molecule has 1 aromatic carbocycles. The van der Waals surface area contributed by atoms with Crippen LogP contribution in [0.3, 0.4) is 0 Å². The molecule has 1 aliphatic carbocycles. The smallest absolute Gasteiger partial charge is 0.243 e. The van der Waals surface area contributed by atoms with Crippen molar-refractivity contribution in [3.05, 3.63) is 29.8 Å². The Morgan fingerprint density at radius 3 is 2.57 bits per heavy atom. The summed E-state index contributed by atoms with van der Waals surface area (Å²) in [4.78, 5) is 0.280. The van der Waals surface area contributed by atoms with Crippen LogP contribution in [0.25, 0.3) is 0 Å². The van der Waals surface area contributed by atoms with Gasteiger partial charge in [0.05, 0.1) is 11.4 Å². The number of hydrogen-bond donors (Lipinski definition) is 2. The fourth-order valence-electron chi connectivity index (χ4n) is 2.77. The first kappa shape index (κ1) is 15.8. The number of nitrogens with two attached hydrogens (primary N) is 1. The van der Waals surface area contributed by atoms with Crippen LogP contribution >= 0.6 is 0 Å². The van der Waals surface area contributed by atoms with E-state index in [1.807, 2.05) is 0 Å². The molecule has 1 aliphatic rings. The Morgan fingerprint density at radius 2 is 2.00 bits per heavy atom. The van der Waals surface area contributed by atoms with Gasteiger partial charge >= 0.3 is 0 Å². The van der Waals surface area contributed by atoms with Crippen LogP contribution in [0.1, 0.15) is 31.2 Å². The van der Waals surface area contributed by atoms with Gasteiger partial charge in [0, 0.05) is 6.04 Å². The van der Waals surface area contributed by atoms with Crippen LogP contribution < -0.4 is 5.73 Å². The zero-order valence-electron chi connectivity index (χ0n) is 12.1. The second-order valence-electron chi connectivity index (χ2n) is 5.35. The van der Waals surface area contributed by atoms with E-state index in [4.69, 9.17) is 10.9 Å². The molecule has 7 heteroatoms. The molecule has 0 aromatic heterocycles. The molecular formula is C14H21N3O3S. The van der Waals surface area contributed by atoms with Gasteiger partial charge in [-0.05, 0) is 31.4 Å². The third-order valence-corrected chi connectivity index (χ3v) is 5.92. The molecule has 3 N–H and O–H groups in total. The van der Waals surface area contributed by atoms with Crippen molar-refractivity contribution in [1.29, 1.82) is 0 Å². The van der Waals surface area contributed by atoms with E-state index in [1.54, 1.807) is 31.2 Å².